The number of halogens is 1. The van der Waals surface area contributed by atoms with E-state index in [0.29, 0.717) is 24.5 Å². The number of amides is 1. The first kappa shape index (κ1) is 27.4. The Morgan fingerprint density at radius 1 is 0.947 bits per heavy atom. The van der Waals surface area contributed by atoms with Crippen molar-refractivity contribution in [1.29, 1.82) is 0 Å². The van der Waals surface area contributed by atoms with Gasteiger partial charge in [0.25, 0.3) is 0 Å². The SMILES string of the molecule is CC1CN(CC2CC2)CCN1C(=O)OC[C@H]1CC[C@@H](Cc2ccccc2)CN1S(=O)(=O)c1ccc(Cl)cc1. The third-order valence-electron chi connectivity index (χ3n) is 8.10. The van der Waals surface area contributed by atoms with Crippen molar-refractivity contribution in [2.45, 2.75) is 56.0 Å². The molecular formula is C29H38ClN3O4S. The maximum absolute atomic E-state index is 13.8. The zero-order chi connectivity index (χ0) is 26.7. The van der Waals surface area contributed by atoms with Crippen LogP contribution in [-0.2, 0) is 21.2 Å². The number of nitrogens with zero attached hydrogens (tertiary/aromatic N) is 3. The molecule has 3 atom stereocenters. The average molecular weight is 560 g/mol. The molecule has 38 heavy (non-hydrogen) atoms. The maximum atomic E-state index is 13.8. The maximum Gasteiger partial charge on any atom is 0.410 e. The fraction of sp³-hybridized carbons (Fsp3) is 0.552. The summed E-state index contributed by atoms with van der Waals surface area (Å²) in [4.78, 5) is 17.5. The number of rotatable bonds is 8. The van der Waals surface area contributed by atoms with Gasteiger partial charge in [-0.1, -0.05) is 41.9 Å². The number of hydrogen-bond acceptors (Lipinski definition) is 5. The Balaban J connectivity index is 1.25. The van der Waals surface area contributed by atoms with Crippen molar-refractivity contribution in [2.75, 3.05) is 39.3 Å². The normalized spacial score (nSPS) is 25.3. The second kappa shape index (κ2) is 11.9. The fourth-order valence-corrected chi connectivity index (χ4v) is 7.61. The summed E-state index contributed by atoms with van der Waals surface area (Å²) < 4.78 is 34.9. The van der Waals surface area contributed by atoms with E-state index in [4.69, 9.17) is 16.3 Å². The summed E-state index contributed by atoms with van der Waals surface area (Å²) in [7, 11) is -3.79. The van der Waals surface area contributed by atoms with Crippen LogP contribution in [-0.4, -0.2) is 80.0 Å². The van der Waals surface area contributed by atoms with E-state index in [1.165, 1.54) is 18.4 Å². The summed E-state index contributed by atoms with van der Waals surface area (Å²) in [6.45, 7) is 5.98. The first-order valence-electron chi connectivity index (χ1n) is 13.8. The molecule has 1 unspecified atom stereocenters. The van der Waals surface area contributed by atoms with Crippen LogP contribution in [0.4, 0.5) is 4.79 Å². The van der Waals surface area contributed by atoms with Crippen LogP contribution in [0.25, 0.3) is 0 Å². The summed E-state index contributed by atoms with van der Waals surface area (Å²) in [6.07, 6.45) is 4.61. The van der Waals surface area contributed by atoms with E-state index in [2.05, 4.69) is 24.0 Å². The standard InChI is InChI=1S/C29H38ClN3O4S/c1-22-18-31(19-24-7-8-24)15-16-32(22)29(34)37-21-27-12-9-25(17-23-5-3-2-4-6-23)20-33(27)38(35,36)28-13-10-26(30)11-14-28/h2-6,10-11,13-14,22,24-25,27H,7-9,12,15-21H2,1H3/t22?,25-,27+/m0/s1. The molecule has 1 saturated carbocycles. The smallest absolute Gasteiger partial charge is 0.410 e. The monoisotopic (exact) mass is 559 g/mol. The number of sulfonamides is 1. The highest BCUT2D eigenvalue weighted by molar-refractivity contribution is 7.89. The van der Waals surface area contributed by atoms with Gasteiger partial charge in [0.2, 0.25) is 10.0 Å². The Morgan fingerprint density at radius 2 is 1.66 bits per heavy atom. The zero-order valence-electron chi connectivity index (χ0n) is 22.0. The van der Waals surface area contributed by atoms with Crippen LogP contribution in [0.2, 0.25) is 5.02 Å². The second-order valence-corrected chi connectivity index (χ2v) is 13.5. The summed E-state index contributed by atoms with van der Waals surface area (Å²) in [5.74, 6) is 1.01. The van der Waals surface area contributed by atoms with Crippen molar-refractivity contribution in [2.24, 2.45) is 11.8 Å². The Morgan fingerprint density at radius 3 is 2.34 bits per heavy atom. The lowest BCUT2D eigenvalue weighted by Gasteiger charge is -2.41. The predicted molar refractivity (Wildman–Crippen MR) is 149 cm³/mol. The number of carbonyl (C=O) groups is 1. The summed E-state index contributed by atoms with van der Waals surface area (Å²) in [5.41, 5.74) is 1.20. The van der Waals surface area contributed by atoms with E-state index in [-0.39, 0.29) is 29.6 Å². The predicted octanol–water partition coefficient (Wildman–Crippen LogP) is 4.90. The molecular weight excluding hydrogens is 522 g/mol. The van der Waals surface area contributed by atoms with Gasteiger partial charge in [-0.05, 0) is 80.7 Å². The highest BCUT2D eigenvalue weighted by atomic mass is 35.5. The van der Waals surface area contributed by atoms with E-state index < -0.39 is 16.1 Å². The highest BCUT2D eigenvalue weighted by Crippen LogP contribution is 2.32. The molecule has 5 rings (SSSR count). The molecule has 2 aromatic rings. The van der Waals surface area contributed by atoms with E-state index in [1.54, 1.807) is 33.5 Å². The molecule has 2 heterocycles. The number of piperazine rings is 1. The van der Waals surface area contributed by atoms with Crippen molar-refractivity contribution in [3.63, 3.8) is 0 Å². The van der Waals surface area contributed by atoms with Crippen molar-refractivity contribution < 1.29 is 17.9 Å². The molecule has 1 aliphatic carbocycles. The van der Waals surface area contributed by atoms with Crippen LogP contribution in [0.1, 0.15) is 38.2 Å². The van der Waals surface area contributed by atoms with Crippen molar-refractivity contribution in [3.05, 3.63) is 65.2 Å². The number of ether oxygens (including phenoxy) is 1. The van der Waals surface area contributed by atoms with Crippen LogP contribution < -0.4 is 0 Å². The number of piperidine rings is 1. The molecule has 2 saturated heterocycles. The summed E-state index contributed by atoms with van der Waals surface area (Å²) in [5, 5.41) is 0.487. The number of benzene rings is 2. The Labute approximate surface area is 231 Å². The highest BCUT2D eigenvalue weighted by Gasteiger charge is 2.39. The van der Waals surface area contributed by atoms with Gasteiger partial charge < -0.3 is 9.64 Å². The Bertz CT molecular complexity index is 1190. The lowest BCUT2D eigenvalue weighted by molar-refractivity contribution is 0.0342. The molecule has 3 aliphatic rings. The van der Waals surface area contributed by atoms with Crippen molar-refractivity contribution in [1.82, 2.24) is 14.1 Å². The van der Waals surface area contributed by atoms with Crippen LogP contribution >= 0.6 is 11.6 Å². The van der Waals surface area contributed by atoms with Crippen LogP contribution in [0.3, 0.4) is 0 Å². The third kappa shape index (κ3) is 6.71. The number of hydrogen-bond donors (Lipinski definition) is 0. The van der Waals surface area contributed by atoms with Gasteiger partial charge in [-0.25, -0.2) is 13.2 Å². The second-order valence-electron chi connectivity index (χ2n) is 11.1. The van der Waals surface area contributed by atoms with Gasteiger partial charge >= 0.3 is 6.09 Å². The molecule has 0 N–H and O–H groups in total. The van der Waals surface area contributed by atoms with Gasteiger partial charge in [0, 0.05) is 43.8 Å². The topological polar surface area (TPSA) is 70.2 Å². The van der Waals surface area contributed by atoms with Gasteiger partial charge in [0.15, 0.2) is 0 Å². The molecule has 2 aromatic carbocycles. The molecule has 2 aliphatic heterocycles. The molecule has 0 radical (unpaired) electrons. The molecule has 1 amide bonds. The molecule has 0 spiro atoms. The largest absolute Gasteiger partial charge is 0.448 e. The van der Waals surface area contributed by atoms with Crippen molar-refractivity contribution >= 4 is 27.7 Å². The number of carbonyl (C=O) groups excluding carboxylic acids is 1. The molecule has 0 bridgehead atoms. The lowest BCUT2D eigenvalue weighted by Crippen LogP contribution is -2.55. The van der Waals surface area contributed by atoms with Gasteiger partial charge in [0.1, 0.15) is 6.61 Å². The quantitative estimate of drug-likeness (QED) is 0.460. The third-order valence-corrected chi connectivity index (χ3v) is 10.3. The lowest BCUT2D eigenvalue weighted by atomic mass is 9.89. The minimum absolute atomic E-state index is 0.0543. The van der Waals surface area contributed by atoms with E-state index >= 15 is 0 Å². The van der Waals surface area contributed by atoms with Gasteiger partial charge in [0.05, 0.1) is 10.9 Å². The van der Waals surface area contributed by atoms with Crippen molar-refractivity contribution in [3.8, 4) is 0 Å². The Hall–Kier alpha value is -2.13. The zero-order valence-corrected chi connectivity index (χ0v) is 23.6. The fourth-order valence-electron chi connectivity index (χ4n) is 5.77. The van der Waals surface area contributed by atoms with Gasteiger partial charge in [-0.15, -0.1) is 0 Å². The van der Waals surface area contributed by atoms with Gasteiger partial charge in [-0.3, -0.25) is 4.90 Å². The first-order valence-corrected chi connectivity index (χ1v) is 15.6. The van der Waals surface area contributed by atoms with Crippen LogP contribution in [0.15, 0.2) is 59.5 Å². The molecule has 206 valence electrons. The molecule has 3 fully saturated rings. The summed E-state index contributed by atoms with van der Waals surface area (Å²) >= 11 is 6.02. The molecule has 7 nitrogen and oxygen atoms in total. The minimum atomic E-state index is -3.79. The van der Waals surface area contributed by atoms with E-state index in [1.807, 2.05) is 18.2 Å². The summed E-state index contributed by atoms with van der Waals surface area (Å²) in [6, 6.07) is 16.1. The average Bonchev–Trinajstić information content (AvgIpc) is 3.72. The van der Waals surface area contributed by atoms with Crippen LogP contribution in [0, 0.1) is 11.8 Å². The Kier molecular flexibility index (Phi) is 8.62. The van der Waals surface area contributed by atoms with Crippen LogP contribution in [0.5, 0.6) is 0 Å². The van der Waals surface area contributed by atoms with E-state index in [0.717, 1.165) is 38.4 Å². The minimum Gasteiger partial charge on any atom is -0.448 e. The molecule has 9 heteroatoms. The molecule has 0 aromatic heterocycles. The van der Waals surface area contributed by atoms with E-state index in [9.17, 15) is 13.2 Å². The first-order chi connectivity index (χ1) is 18.3. The van der Waals surface area contributed by atoms with Gasteiger partial charge in [-0.2, -0.15) is 4.31 Å².